The summed E-state index contributed by atoms with van der Waals surface area (Å²) >= 11 is 3.80. The van der Waals surface area contributed by atoms with Crippen molar-refractivity contribution >= 4 is 131 Å². The maximum Gasteiger partial charge on any atom is 0.0540 e. The summed E-state index contributed by atoms with van der Waals surface area (Å²) in [6.45, 7) is 0. The molecule has 66 heavy (non-hydrogen) atoms. The van der Waals surface area contributed by atoms with Gasteiger partial charge in [0.05, 0.1) is 22.7 Å². The van der Waals surface area contributed by atoms with Crippen molar-refractivity contribution in [2.45, 2.75) is 9.79 Å². The maximum absolute atomic E-state index is 2.48. The lowest BCUT2D eigenvalue weighted by Gasteiger charge is -2.30. The fourth-order valence-electron chi connectivity index (χ4n) is 10.6. The van der Waals surface area contributed by atoms with E-state index >= 15 is 0 Å². The van der Waals surface area contributed by atoms with Gasteiger partial charge in [-0.15, -0.1) is 11.3 Å². The zero-order valence-electron chi connectivity index (χ0n) is 35.7. The van der Waals surface area contributed by atoms with Crippen LogP contribution < -0.4 is 9.80 Å². The van der Waals surface area contributed by atoms with Gasteiger partial charge in [-0.25, -0.2) is 0 Å². The molecule has 0 saturated heterocycles. The molecule has 0 N–H and O–H groups in total. The molecule has 308 valence electrons. The van der Waals surface area contributed by atoms with E-state index in [1.54, 1.807) is 0 Å². The highest BCUT2D eigenvalue weighted by molar-refractivity contribution is 7.99. The third-order valence-corrected chi connectivity index (χ3v) is 15.8. The van der Waals surface area contributed by atoms with Crippen LogP contribution in [0.25, 0.3) is 85.2 Å². The molecule has 0 amide bonds. The lowest BCUT2D eigenvalue weighted by Crippen LogP contribution is -2.11. The fourth-order valence-corrected chi connectivity index (χ4v) is 13.0. The second kappa shape index (κ2) is 14.8. The number of hydrogen-bond acceptors (Lipinski definition) is 4. The molecule has 0 aliphatic carbocycles. The molecule has 14 rings (SSSR count). The molecule has 0 bridgehead atoms. The van der Waals surface area contributed by atoms with Gasteiger partial charge in [-0.2, -0.15) is 0 Å². The molecule has 0 radical (unpaired) electrons. The SMILES string of the molecule is c1ccc2c(N(c3ccc4c(c3)Sc3cccc5c3c-4cc3sc4cc(N(c6cccc7ccccc67)c6cccc7ccccc67)ccc4c35)c3cccc4ccccc34)cccc2c1. The Hall–Kier alpha value is -7.89. The van der Waals surface area contributed by atoms with E-state index in [1.807, 2.05) is 23.1 Å². The van der Waals surface area contributed by atoms with Crippen molar-refractivity contribution in [2.75, 3.05) is 9.80 Å². The third kappa shape index (κ3) is 5.75. The van der Waals surface area contributed by atoms with Gasteiger partial charge in [0, 0.05) is 68.3 Å². The monoisotopic (exact) mass is 874 g/mol. The number of rotatable bonds is 6. The summed E-state index contributed by atoms with van der Waals surface area (Å²) in [5.41, 5.74) is 9.53. The number of nitrogens with zero attached hydrogens (tertiary/aromatic N) is 2. The van der Waals surface area contributed by atoms with E-state index in [0.29, 0.717) is 0 Å². The topological polar surface area (TPSA) is 6.48 Å². The molecule has 0 fully saturated rings. The van der Waals surface area contributed by atoms with Crippen molar-refractivity contribution in [1.82, 2.24) is 0 Å². The number of fused-ring (bicyclic) bond motifs is 10. The van der Waals surface area contributed by atoms with Crippen LogP contribution in [0.3, 0.4) is 0 Å². The van der Waals surface area contributed by atoms with Crippen molar-refractivity contribution in [3.8, 4) is 11.1 Å². The number of thiophene rings is 1. The highest BCUT2D eigenvalue weighted by atomic mass is 32.2. The number of hydrogen-bond donors (Lipinski definition) is 0. The van der Waals surface area contributed by atoms with E-state index in [4.69, 9.17) is 0 Å². The second-order valence-electron chi connectivity index (χ2n) is 17.2. The normalized spacial score (nSPS) is 12.2. The Balaban J connectivity index is 0.949. The van der Waals surface area contributed by atoms with E-state index in [0.717, 1.165) is 11.4 Å². The molecular formula is C62H38N2S2. The van der Waals surface area contributed by atoms with E-state index in [2.05, 4.69) is 240 Å². The molecule has 1 aromatic heterocycles. The molecule has 1 aliphatic rings. The summed E-state index contributed by atoms with van der Waals surface area (Å²) in [6.07, 6.45) is 0. The van der Waals surface area contributed by atoms with Crippen LogP contribution in [0.15, 0.2) is 240 Å². The molecule has 13 aromatic rings. The summed E-state index contributed by atoms with van der Waals surface area (Å²) in [4.78, 5) is 7.49. The zero-order valence-corrected chi connectivity index (χ0v) is 37.3. The number of benzene rings is 12. The Kier molecular flexibility index (Phi) is 8.42. The Bertz CT molecular complexity index is 3950. The molecule has 1 aliphatic heterocycles. The molecule has 12 aromatic carbocycles. The lowest BCUT2D eigenvalue weighted by atomic mass is 9.94. The Morgan fingerprint density at radius 2 is 0.712 bits per heavy atom. The van der Waals surface area contributed by atoms with Gasteiger partial charge < -0.3 is 9.80 Å². The average molecular weight is 875 g/mol. The summed E-state index contributed by atoms with van der Waals surface area (Å²) in [7, 11) is 0. The van der Waals surface area contributed by atoms with E-state index < -0.39 is 0 Å². The second-order valence-corrected chi connectivity index (χ2v) is 19.4. The van der Waals surface area contributed by atoms with Gasteiger partial charge in [-0.05, 0) is 98.7 Å². The van der Waals surface area contributed by atoms with E-state index in [1.165, 1.54) is 118 Å². The van der Waals surface area contributed by atoms with Gasteiger partial charge in [0.25, 0.3) is 0 Å². The molecule has 2 heterocycles. The van der Waals surface area contributed by atoms with Crippen LogP contribution in [0, 0.1) is 0 Å². The van der Waals surface area contributed by atoms with Crippen molar-refractivity contribution in [3.63, 3.8) is 0 Å². The van der Waals surface area contributed by atoms with E-state index in [9.17, 15) is 0 Å². The molecule has 0 spiro atoms. The first-order valence-corrected chi connectivity index (χ1v) is 24.1. The van der Waals surface area contributed by atoms with Gasteiger partial charge in [0.15, 0.2) is 0 Å². The van der Waals surface area contributed by atoms with Gasteiger partial charge in [0.1, 0.15) is 0 Å². The van der Waals surface area contributed by atoms with Crippen LogP contribution >= 0.6 is 23.1 Å². The predicted octanol–water partition coefficient (Wildman–Crippen LogP) is 18.9. The van der Waals surface area contributed by atoms with Gasteiger partial charge >= 0.3 is 0 Å². The average Bonchev–Trinajstić information content (AvgIpc) is 3.75. The van der Waals surface area contributed by atoms with Gasteiger partial charge in [-0.1, -0.05) is 182 Å². The summed E-state index contributed by atoms with van der Waals surface area (Å²) in [6, 6.07) is 85.2. The van der Waals surface area contributed by atoms with Crippen LogP contribution in [0.5, 0.6) is 0 Å². The first-order chi connectivity index (χ1) is 32.7. The molecule has 0 unspecified atom stereocenters. The predicted molar refractivity (Wildman–Crippen MR) is 286 cm³/mol. The minimum absolute atomic E-state index is 1.14. The minimum Gasteiger partial charge on any atom is -0.309 e. The quantitative estimate of drug-likeness (QED) is 0.164. The van der Waals surface area contributed by atoms with Crippen molar-refractivity contribution in [2.24, 2.45) is 0 Å². The Morgan fingerprint density at radius 1 is 0.273 bits per heavy atom. The fraction of sp³-hybridized carbons (Fsp3) is 0. The Morgan fingerprint density at radius 3 is 1.24 bits per heavy atom. The van der Waals surface area contributed by atoms with Crippen LogP contribution in [-0.2, 0) is 0 Å². The highest BCUT2D eigenvalue weighted by Gasteiger charge is 2.26. The standard InChI is InChI=1S/C62H38N2S2/c1-5-22-45-39(14-1)18-9-27-53(45)63(54-28-10-19-40-15-2-6-23-46(40)54)43-32-34-49-52-38-60-61(51-26-13-31-57(62(51)52)65-58(49)36-43)50-35-33-44(37-59(50)66-60)64(55-29-11-20-41-16-3-7-24-47(41)55)56-30-12-21-42-17-4-8-25-48(42)56/h1-38H. The summed E-state index contributed by atoms with van der Waals surface area (Å²) in [5, 5.41) is 15.1. The highest BCUT2D eigenvalue weighted by Crippen LogP contribution is 2.54. The van der Waals surface area contributed by atoms with Crippen LogP contribution in [0.4, 0.5) is 34.1 Å². The van der Waals surface area contributed by atoms with Crippen molar-refractivity contribution in [1.29, 1.82) is 0 Å². The summed E-state index contributed by atoms with van der Waals surface area (Å²) in [5.74, 6) is 0. The maximum atomic E-state index is 2.48. The van der Waals surface area contributed by atoms with Crippen molar-refractivity contribution < 1.29 is 0 Å². The number of anilines is 6. The first kappa shape index (κ1) is 37.5. The van der Waals surface area contributed by atoms with Gasteiger partial charge in [-0.3, -0.25) is 0 Å². The minimum atomic E-state index is 1.14. The van der Waals surface area contributed by atoms with Crippen molar-refractivity contribution in [3.05, 3.63) is 231 Å². The van der Waals surface area contributed by atoms with Gasteiger partial charge in [0.2, 0.25) is 0 Å². The van der Waals surface area contributed by atoms with Crippen LogP contribution in [0.2, 0.25) is 0 Å². The smallest absolute Gasteiger partial charge is 0.0540 e. The lowest BCUT2D eigenvalue weighted by molar-refractivity contribution is 1.28. The molecule has 4 heteroatoms. The summed E-state index contributed by atoms with van der Waals surface area (Å²) < 4.78 is 2.58. The Labute approximate surface area is 390 Å². The third-order valence-electron chi connectivity index (χ3n) is 13.6. The molecule has 2 nitrogen and oxygen atoms in total. The van der Waals surface area contributed by atoms with Crippen LogP contribution in [0.1, 0.15) is 0 Å². The van der Waals surface area contributed by atoms with E-state index in [-0.39, 0.29) is 0 Å². The molecular weight excluding hydrogens is 837 g/mol. The first-order valence-electron chi connectivity index (χ1n) is 22.5. The molecule has 0 saturated carbocycles. The zero-order chi connectivity index (χ0) is 43.3. The van der Waals surface area contributed by atoms with Crippen LogP contribution in [-0.4, -0.2) is 0 Å². The largest absolute Gasteiger partial charge is 0.309 e. The molecule has 0 atom stereocenters.